The Labute approximate surface area is 134 Å². The van der Waals surface area contributed by atoms with Gasteiger partial charge in [-0.05, 0) is 70.3 Å². The van der Waals surface area contributed by atoms with Gasteiger partial charge in [0.1, 0.15) is 0 Å². The van der Waals surface area contributed by atoms with Gasteiger partial charge in [0, 0.05) is 37.5 Å². The third kappa shape index (κ3) is 4.67. The number of hydrogen-bond donors (Lipinski definition) is 1. The Morgan fingerprint density at radius 2 is 2.16 bits per heavy atom. The first-order chi connectivity index (χ1) is 9.04. The van der Waals surface area contributed by atoms with Gasteiger partial charge in [-0.15, -0.1) is 11.3 Å². The van der Waals surface area contributed by atoms with Crippen LogP contribution in [0.5, 0.6) is 0 Å². The standard InChI is InChI=1S/C14H16Br2N2S/c1-9(5-12-4-3-10(2)19-12)17-8-14-13(16)6-11(15)7-18-14/h3-4,6-7,9,17H,5,8H2,1-2H3. The Kier molecular flexibility index (Phi) is 5.57. The Morgan fingerprint density at radius 3 is 2.79 bits per heavy atom. The summed E-state index contributed by atoms with van der Waals surface area (Å²) in [6.45, 7) is 5.14. The van der Waals surface area contributed by atoms with Crippen molar-refractivity contribution >= 4 is 43.2 Å². The molecule has 0 spiro atoms. The Morgan fingerprint density at radius 1 is 1.37 bits per heavy atom. The van der Waals surface area contributed by atoms with Gasteiger partial charge in [0.25, 0.3) is 0 Å². The van der Waals surface area contributed by atoms with E-state index in [1.165, 1.54) is 9.75 Å². The quantitative estimate of drug-likeness (QED) is 0.782. The van der Waals surface area contributed by atoms with Gasteiger partial charge in [0.2, 0.25) is 0 Å². The molecule has 2 rings (SSSR count). The Balaban J connectivity index is 1.87. The third-order valence-corrected chi connectivity index (χ3v) is 4.95. The first kappa shape index (κ1) is 15.2. The number of rotatable bonds is 5. The van der Waals surface area contributed by atoms with Crippen molar-refractivity contribution in [3.8, 4) is 0 Å². The van der Waals surface area contributed by atoms with E-state index in [2.05, 4.69) is 68.1 Å². The number of nitrogens with zero attached hydrogens (tertiary/aromatic N) is 1. The number of pyridine rings is 1. The average Bonchev–Trinajstić information content (AvgIpc) is 2.73. The molecular weight excluding hydrogens is 388 g/mol. The van der Waals surface area contributed by atoms with E-state index >= 15 is 0 Å². The van der Waals surface area contributed by atoms with Crippen LogP contribution in [0.15, 0.2) is 33.3 Å². The van der Waals surface area contributed by atoms with Gasteiger partial charge in [0.05, 0.1) is 5.69 Å². The lowest BCUT2D eigenvalue weighted by molar-refractivity contribution is 0.542. The summed E-state index contributed by atoms with van der Waals surface area (Å²) >= 11 is 8.82. The molecule has 2 aromatic rings. The smallest absolute Gasteiger partial charge is 0.0684 e. The molecule has 0 saturated carbocycles. The van der Waals surface area contributed by atoms with E-state index in [0.717, 1.165) is 27.6 Å². The number of nitrogens with one attached hydrogen (secondary N) is 1. The molecule has 0 bridgehead atoms. The van der Waals surface area contributed by atoms with Crippen molar-refractivity contribution in [2.75, 3.05) is 0 Å². The molecule has 0 amide bonds. The zero-order valence-corrected chi connectivity index (χ0v) is 14.9. The van der Waals surface area contributed by atoms with Crippen molar-refractivity contribution in [1.29, 1.82) is 0 Å². The SMILES string of the molecule is Cc1ccc(CC(C)NCc2ncc(Br)cc2Br)s1. The Bertz CT molecular complexity index is 554. The van der Waals surface area contributed by atoms with E-state index in [9.17, 15) is 0 Å². The molecule has 0 aliphatic carbocycles. The first-order valence-corrected chi connectivity index (χ1v) is 8.53. The van der Waals surface area contributed by atoms with Crippen LogP contribution in [-0.2, 0) is 13.0 Å². The second-order valence-electron chi connectivity index (χ2n) is 4.58. The minimum Gasteiger partial charge on any atom is -0.308 e. The molecule has 0 saturated heterocycles. The molecule has 5 heteroatoms. The van der Waals surface area contributed by atoms with Crippen LogP contribution in [0, 0.1) is 6.92 Å². The molecule has 2 heterocycles. The second-order valence-corrected chi connectivity index (χ2v) is 7.72. The molecular formula is C14H16Br2N2S. The summed E-state index contributed by atoms with van der Waals surface area (Å²) in [5.41, 5.74) is 1.04. The maximum absolute atomic E-state index is 4.41. The number of aryl methyl sites for hydroxylation is 1. The van der Waals surface area contributed by atoms with Crippen LogP contribution in [0.1, 0.15) is 22.4 Å². The molecule has 2 aromatic heterocycles. The fourth-order valence-electron chi connectivity index (χ4n) is 1.81. The van der Waals surface area contributed by atoms with E-state index < -0.39 is 0 Å². The van der Waals surface area contributed by atoms with E-state index in [4.69, 9.17) is 0 Å². The van der Waals surface area contributed by atoms with E-state index in [1.54, 1.807) is 0 Å². The minimum absolute atomic E-state index is 0.440. The minimum atomic E-state index is 0.440. The zero-order valence-electron chi connectivity index (χ0n) is 10.9. The molecule has 0 aliphatic heterocycles. The highest BCUT2D eigenvalue weighted by atomic mass is 79.9. The number of aromatic nitrogens is 1. The lowest BCUT2D eigenvalue weighted by atomic mass is 10.2. The summed E-state index contributed by atoms with van der Waals surface area (Å²) in [6, 6.07) is 6.86. The van der Waals surface area contributed by atoms with Crippen molar-refractivity contribution in [2.45, 2.75) is 32.9 Å². The summed E-state index contributed by atoms with van der Waals surface area (Å²) in [4.78, 5) is 7.21. The van der Waals surface area contributed by atoms with Crippen LogP contribution in [0.25, 0.3) is 0 Å². The lowest BCUT2D eigenvalue weighted by Gasteiger charge is -2.13. The molecule has 1 atom stereocenters. The van der Waals surface area contributed by atoms with Gasteiger partial charge in [-0.1, -0.05) is 0 Å². The summed E-state index contributed by atoms with van der Waals surface area (Å²) in [6.07, 6.45) is 2.89. The van der Waals surface area contributed by atoms with Crippen LogP contribution >= 0.6 is 43.2 Å². The predicted molar refractivity (Wildman–Crippen MR) is 88.7 cm³/mol. The van der Waals surface area contributed by atoms with E-state index in [0.29, 0.717) is 6.04 Å². The fourth-order valence-corrected chi connectivity index (χ4v) is 3.96. The summed E-state index contributed by atoms with van der Waals surface area (Å²) in [7, 11) is 0. The predicted octanol–water partition coefficient (Wildman–Crippen LogP) is 4.70. The van der Waals surface area contributed by atoms with Crippen molar-refractivity contribution in [1.82, 2.24) is 10.3 Å². The van der Waals surface area contributed by atoms with Gasteiger partial charge in [-0.25, -0.2) is 0 Å². The second kappa shape index (κ2) is 6.97. The zero-order chi connectivity index (χ0) is 13.8. The summed E-state index contributed by atoms with van der Waals surface area (Å²) in [5.74, 6) is 0. The van der Waals surface area contributed by atoms with Gasteiger partial charge < -0.3 is 5.32 Å². The van der Waals surface area contributed by atoms with Crippen LogP contribution in [-0.4, -0.2) is 11.0 Å². The van der Waals surface area contributed by atoms with Crippen LogP contribution in [0.4, 0.5) is 0 Å². The molecule has 1 N–H and O–H groups in total. The third-order valence-electron chi connectivity index (χ3n) is 2.81. The lowest BCUT2D eigenvalue weighted by Crippen LogP contribution is -2.27. The van der Waals surface area contributed by atoms with Gasteiger partial charge >= 0.3 is 0 Å². The fraction of sp³-hybridized carbons (Fsp3) is 0.357. The number of halogens is 2. The normalized spacial score (nSPS) is 12.6. The maximum atomic E-state index is 4.41. The molecule has 2 nitrogen and oxygen atoms in total. The van der Waals surface area contributed by atoms with Crippen LogP contribution in [0.3, 0.4) is 0 Å². The molecule has 19 heavy (non-hydrogen) atoms. The van der Waals surface area contributed by atoms with Gasteiger partial charge in [-0.3, -0.25) is 4.98 Å². The first-order valence-electron chi connectivity index (χ1n) is 6.13. The van der Waals surface area contributed by atoms with Gasteiger partial charge in [0.15, 0.2) is 0 Å². The highest BCUT2D eigenvalue weighted by Gasteiger charge is 2.07. The molecule has 0 aromatic carbocycles. The maximum Gasteiger partial charge on any atom is 0.0684 e. The monoisotopic (exact) mass is 402 g/mol. The average molecular weight is 404 g/mol. The van der Waals surface area contributed by atoms with Crippen molar-refractivity contribution in [3.63, 3.8) is 0 Å². The highest BCUT2D eigenvalue weighted by molar-refractivity contribution is 9.11. The largest absolute Gasteiger partial charge is 0.308 e. The van der Waals surface area contributed by atoms with Crippen LogP contribution < -0.4 is 5.32 Å². The number of hydrogen-bond acceptors (Lipinski definition) is 3. The topological polar surface area (TPSA) is 24.9 Å². The molecule has 0 aliphatic rings. The Hall–Kier alpha value is -0.230. The van der Waals surface area contributed by atoms with Crippen LogP contribution in [0.2, 0.25) is 0 Å². The van der Waals surface area contributed by atoms with E-state index in [-0.39, 0.29) is 0 Å². The van der Waals surface area contributed by atoms with Crippen molar-refractivity contribution < 1.29 is 0 Å². The molecule has 0 radical (unpaired) electrons. The summed E-state index contributed by atoms with van der Waals surface area (Å²) in [5, 5.41) is 3.52. The summed E-state index contributed by atoms with van der Waals surface area (Å²) < 4.78 is 2.03. The highest BCUT2D eigenvalue weighted by Crippen LogP contribution is 2.20. The van der Waals surface area contributed by atoms with E-state index in [1.807, 2.05) is 23.6 Å². The molecule has 1 unspecified atom stereocenters. The number of thiophene rings is 1. The molecule has 0 fully saturated rings. The molecule has 102 valence electrons. The van der Waals surface area contributed by atoms with Crippen molar-refractivity contribution in [2.24, 2.45) is 0 Å². The van der Waals surface area contributed by atoms with Crippen molar-refractivity contribution in [3.05, 3.63) is 48.8 Å². The van der Waals surface area contributed by atoms with Gasteiger partial charge in [-0.2, -0.15) is 0 Å².